The molecule has 0 aliphatic carbocycles. The van der Waals surface area contributed by atoms with Crippen molar-refractivity contribution in [2.45, 2.75) is 32.7 Å². The lowest BCUT2D eigenvalue weighted by atomic mass is 9.99. The molecule has 0 radical (unpaired) electrons. The maximum absolute atomic E-state index is 6.25. The SMILES string of the molecule is Cc1nn(C)c(C)c1CCC(N)c1cc(Cl)ccc1Cl. The highest BCUT2D eigenvalue weighted by atomic mass is 35.5. The largest absolute Gasteiger partial charge is 0.324 e. The second-order valence-corrected chi connectivity index (χ2v) is 5.93. The smallest absolute Gasteiger partial charge is 0.0628 e. The van der Waals surface area contributed by atoms with Crippen LogP contribution in [0.5, 0.6) is 0 Å². The number of rotatable bonds is 4. The van der Waals surface area contributed by atoms with E-state index in [1.165, 1.54) is 11.3 Å². The highest BCUT2D eigenvalue weighted by Crippen LogP contribution is 2.28. The maximum atomic E-state index is 6.25. The molecule has 0 bridgehead atoms. The first-order valence-electron chi connectivity index (χ1n) is 6.59. The predicted molar refractivity (Wildman–Crippen MR) is 84.4 cm³/mol. The lowest BCUT2D eigenvalue weighted by Gasteiger charge is -2.14. The van der Waals surface area contributed by atoms with Gasteiger partial charge in [-0.15, -0.1) is 0 Å². The monoisotopic (exact) mass is 311 g/mol. The molecule has 0 aliphatic heterocycles. The van der Waals surface area contributed by atoms with Crippen molar-refractivity contribution in [1.82, 2.24) is 9.78 Å². The number of hydrogen-bond donors (Lipinski definition) is 1. The van der Waals surface area contributed by atoms with Gasteiger partial charge in [-0.05, 0) is 56.0 Å². The van der Waals surface area contributed by atoms with E-state index in [0.29, 0.717) is 10.0 Å². The molecule has 2 rings (SSSR count). The molecule has 20 heavy (non-hydrogen) atoms. The number of nitrogens with two attached hydrogens (primary N) is 1. The molecule has 1 atom stereocenters. The lowest BCUT2D eigenvalue weighted by molar-refractivity contribution is 0.647. The molecular weight excluding hydrogens is 293 g/mol. The van der Waals surface area contributed by atoms with Gasteiger partial charge in [0.1, 0.15) is 0 Å². The quantitative estimate of drug-likeness (QED) is 0.928. The first-order valence-corrected chi connectivity index (χ1v) is 7.35. The molecule has 0 amide bonds. The van der Waals surface area contributed by atoms with E-state index in [-0.39, 0.29) is 6.04 Å². The van der Waals surface area contributed by atoms with E-state index in [0.717, 1.165) is 24.1 Å². The average molecular weight is 312 g/mol. The van der Waals surface area contributed by atoms with Crippen LogP contribution in [0.15, 0.2) is 18.2 Å². The Labute approximate surface area is 129 Å². The van der Waals surface area contributed by atoms with E-state index in [1.807, 2.05) is 24.7 Å². The van der Waals surface area contributed by atoms with E-state index in [4.69, 9.17) is 28.9 Å². The van der Waals surface area contributed by atoms with Gasteiger partial charge in [0.15, 0.2) is 0 Å². The van der Waals surface area contributed by atoms with Crippen LogP contribution < -0.4 is 5.73 Å². The van der Waals surface area contributed by atoms with Crippen molar-refractivity contribution in [3.63, 3.8) is 0 Å². The van der Waals surface area contributed by atoms with Gasteiger partial charge in [0.05, 0.1) is 5.69 Å². The standard InChI is InChI=1S/C15H19Cl2N3/c1-9-12(10(2)20(3)19-9)5-7-15(18)13-8-11(16)4-6-14(13)17/h4,6,8,15H,5,7,18H2,1-3H3. The van der Waals surface area contributed by atoms with Gasteiger partial charge in [-0.2, -0.15) is 5.10 Å². The third kappa shape index (κ3) is 3.17. The van der Waals surface area contributed by atoms with Gasteiger partial charge >= 0.3 is 0 Å². The van der Waals surface area contributed by atoms with Crippen molar-refractivity contribution < 1.29 is 0 Å². The van der Waals surface area contributed by atoms with Gasteiger partial charge in [-0.25, -0.2) is 0 Å². The van der Waals surface area contributed by atoms with Crippen LogP contribution in [0.25, 0.3) is 0 Å². The van der Waals surface area contributed by atoms with Crippen molar-refractivity contribution in [2.24, 2.45) is 12.8 Å². The third-order valence-electron chi connectivity index (χ3n) is 3.72. The molecule has 1 aromatic carbocycles. The molecule has 108 valence electrons. The molecule has 0 spiro atoms. The van der Waals surface area contributed by atoms with Gasteiger partial charge in [0, 0.05) is 28.8 Å². The number of aromatic nitrogens is 2. The van der Waals surface area contributed by atoms with Crippen LogP contribution in [0.1, 0.15) is 35.0 Å². The molecule has 2 aromatic rings. The van der Waals surface area contributed by atoms with E-state index >= 15 is 0 Å². The number of benzene rings is 1. The molecule has 0 saturated heterocycles. The molecule has 1 unspecified atom stereocenters. The second kappa shape index (κ2) is 6.17. The normalized spacial score (nSPS) is 12.7. The molecule has 1 aromatic heterocycles. The minimum Gasteiger partial charge on any atom is -0.324 e. The number of nitrogens with zero attached hydrogens (tertiary/aromatic N) is 2. The Morgan fingerprint density at radius 3 is 2.60 bits per heavy atom. The molecule has 0 fully saturated rings. The highest BCUT2D eigenvalue weighted by molar-refractivity contribution is 6.33. The number of halogens is 2. The van der Waals surface area contributed by atoms with Crippen molar-refractivity contribution in [2.75, 3.05) is 0 Å². The van der Waals surface area contributed by atoms with Crippen LogP contribution in [0.4, 0.5) is 0 Å². The summed E-state index contributed by atoms with van der Waals surface area (Å²) in [7, 11) is 1.96. The third-order valence-corrected chi connectivity index (χ3v) is 4.30. The summed E-state index contributed by atoms with van der Waals surface area (Å²) in [5, 5.41) is 5.75. The molecule has 2 N–H and O–H groups in total. The molecule has 5 heteroatoms. The summed E-state index contributed by atoms with van der Waals surface area (Å²) in [6.45, 7) is 4.10. The second-order valence-electron chi connectivity index (χ2n) is 5.08. The van der Waals surface area contributed by atoms with E-state index in [1.54, 1.807) is 12.1 Å². The predicted octanol–water partition coefficient (Wildman–Crippen LogP) is 3.98. The Bertz CT molecular complexity index is 620. The Morgan fingerprint density at radius 2 is 2.00 bits per heavy atom. The molecule has 0 saturated carbocycles. The van der Waals surface area contributed by atoms with Gasteiger partial charge in [0.25, 0.3) is 0 Å². The van der Waals surface area contributed by atoms with Crippen molar-refractivity contribution in [3.05, 3.63) is 50.8 Å². The summed E-state index contributed by atoms with van der Waals surface area (Å²) in [4.78, 5) is 0. The molecule has 0 aliphatic rings. The minimum atomic E-state index is -0.125. The summed E-state index contributed by atoms with van der Waals surface area (Å²) in [6, 6.07) is 5.28. The Hall–Kier alpha value is -1.03. The van der Waals surface area contributed by atoms with E-state index in [2.05, 4.69) is 12.0 Å². The number of aryl methyl sites for hydroxylation is 2. The zero-order valence-electron chi connectivity index (χ0n) is 12.0. The van der Waals surface area contributed by atoms with Gasteiger partial charge < -0.3 is 5.73 Å². The fourth-order valence-electron chi connectivity index (χ4n) is 2.43. The summed E-state index contributed by atoms with van der Waals surface area (Å²) < 4.78 is 1.91. The molecule has 1 heterocycles. The van der Waals surface area contributed by atoms with Crippen molar-refractivity contribution in [3.8, 4) is 0 Å². The Balaban J connectivity index is 2.12. The summed E-state index contributed by atoms with van der Waals surface area (Å²) in [6.07, 6.45) is 1.70. The van der Waals surface area contributed by atoms with Gasteiger partial charge in [0.2, 0.25) is 0 Å². The van der Waals surface area contributed by atoms with Crippen LogP contribution in [0, 0.1) is 13.8 Å². The van der Waals surface area contributed by atoms with Crippen molar-refractivity contribution in [1.29, 1.82) is 0 Å². The van der Waals surface area contributed by atoms with Crippen LogP contribution >= 0.6 is 23.2 Å². The summed E-state index contributed by atoms with van der Waals surface area (Å²) in [5.41, 5.74) is 10.7. The highest BCUT2D eigenvalue weighted by Gasteiger charge is 2.14. The maximum Gasteiger partial charge on any atom is 0.0628 e. The minimum absolute atomic E-state index is 0.125. The fourth-order valence-corrected chi connectivity index (χ4v) is 2.87. The molecular formula is C15H19Cl2N3. The van der Waals surface area contributed by atoms with E-state index < -0.39 is 0 Å². The Morgan fingerprint density at radius 1 is 1.30 bits per heavy atom. The topological polar surface area (TPSA) is 43.8 Å². The fraction of sp³-hybridized carbons (Fsp3) is 0.400. The average Bonchev–Trinajstić information content (AvgIpc) is 2.64. The van der Waals surface area contributed by atoms with Gasteiger partial charge in [-0.3, -0.25) is 4.68 Å². The first-order chi connectivity index (χ1) is 9.40. The summed E-state index contributed by atoms with van der Waals surface area (Å²) in [5.74, 6) is 0. The van der Waals surface area contributed by atoms with Gasteiger partial charge in [-0.1, -0.05) is 23.2 Å². The van der Waals surface area contributed by atoms with Crippen molar-refractivity contribution >= 4 is 23.2 Å². The van der Waals surface area contributed by atoms with Crippen LogP contribution in [-0.2, 0) is 13.5 Å². The lowest BCUT2D eigenvalue weighted by Crippen LogP contribution is -2.12. The van der Waals surface area contributed by atoms with Crippen LogP contribution in [0.3, 0.4) is 0 Å². The number of hydrogen-bond acceptors (Lipinski definition) is 2. The zero-order valence-corrected chi connectivity index (χ0v) is 13.5. The van der Waals surface area contributed by atoms with Crippen LogP contribution in [0.2, 0.25) is 10.0 Å². The molecule has 3 nitrogen and oxygen atoms in total. The summed E-state index contributed by atoms with van der Waals surface area (Å²) >= 11 is 12.2. The first kappa shape index (κ1) is 15.4. The van der Waals surface area contributed by atoms with Crippen LogP contribution in [-0.4, -0.2) is 9.78 Å². The van der Waals surface area contributed by atoms with E-state index in [9.17, 15) is 0 Å². The Kier molecular flexibility index (Phi) is 4.74. The zero-order chi connectivity index (χ0) is 14.9.